The Balaban J connectivity index is 1.87. The van der Waals surface area contributed by atoms with Gasteiger partial charge < -0.3 is 5.32 Å². The van der Waals surface area contributed by atoms with Crippen LogP contribution in [0.2, 0.25) is 5.02 Å². The van der Waals surface area contributed by atoms with E-state index in [9.17, 15) is 0 Å². The van der Waals surface area contributed by atoms with Gasteiger partial charge in [-0.15, -0.1) is 0 Å². The van der Waals surface area contributed by atoms with Crippen LogP contribution in [-0.2, 0) is 0 Å². The molecule has 0 spiro atoms. The first kappa shape index (κ1) is 9.68. The summed E-state index contributed by atoms with van der Waals surface area (Å²) in [5.74, 6) is 0.683. The maximum Gasteiger partial charge on any atom is 0.0408 e. The van der Waals surface area contributed by atoms with E-state index in [-0.39, 0.29) is 0 Å². The van der Waals surface area contributed by atoms with Gasteiger partial charge in [-0.1, -0.05) is 23.7 Å². The van der Waals surface area contributed by atoms with Crippen LogP contribution in [0.3, 0.4) is 0 Å². The number of nitrogens with one attached hydrogen (secondary N) is 1. The topological polar surface area (TPSA) is 12.0 Å². The highest BCUT2D eigenvalue weighted by atomic mass is 35.5. The second-order valence-corrected chi connectivity index (χ2v) is 5.22. The molecule has 2 bridgehead atoms. The molecule has 0 amide bonds. The molecule has 0 radical (unpaired) electrons. The summed E-state index contributed by atoms with van der Waals surface area (Å²) in [6.45, 7) is 0. The van der Waals surface area contributed by atoms with Gasteiger partial charge in [0.05, 0.1) is 0 Å². The number of rotatable bonds is 1. The first-order valence-electron chi connectivity index (χ1n) is 5.84. The summed E-state index contributed by atoms with van der Waals surface area (Å²) in [6, 6.07) is 9.87. The first-order chi connectivity index (χ1) is 7.33. The Labute approximate surface area is 95.8 Å². The van der Waals surface area contributed by atoms with Gasteiger partial charge in [-0.25, -0.2) is 0 Å². The molecule has 1 N–H and O–H groups in total. The molecule has 2 heterocycles. The lowest BCUT2D eigenvalue weighted by Gasteiger charge is -2.30. The van der Waals surface area contributed by atoms with Crippen molar-refractivity contribution in [3.05, 3.63) is 34.9 Å². The van der Waals surface area contributed by atoms with Crippen molar-refractivity contribution in [2.24, 2.45) is 0 Å². The summed E-state index contributed by atoms with van der Waals surface area (Å²) >= 11 is 6.04. The minimum Gasteiger partial charge on any atom is -0.311 e. The molecular formula is C13H16ClN. The quantitative estimate of drug-likeness (QED) is 0.767. The van der Waals surface area contributed by atoms with Crippen molar-refractivity contribution in [3.63, 3.8) is 0 Å². The molecule has 1 nitrogen and oxygen atoms in total. The van der Waals surface area contributed by atoms with Gasteiger partial charge in [0.15, 0.2) is 0 Å². The zero-order valence-electron chi connectivity index (χ0n) is 8.75. The molecule has 3 rings (SSSR count). The van der Waals surface area contributed by atoms with E-state index >= 15 is 0 Å². The van der Waals surface area contributed by atoms with E-state index in [2.05, 4.69) is 23.5 Å². The van der Waals surface area contributed by atoms with E-state index in [1.54, 1.807) is 0 Å². The van der Waals surface area contributed by atoms with Gasteiger partial charge in [0.2, 0.25) is 0 Å². The van der Waals surface area contributed by atoms with E-state index in [1.807, 2.05) is 6.07 Å². The highest BCUT2D eigenvalue weighted by molar-refractivity contribution is 6.30. The number of hydrogen-bond acceptors (Lipinski definition) is 1. The van der Waals surface area contributed by atoms with Crippen LogP contribution in [0.4, 0.5) is 0 Å². The second kappa shape index (κ2) is 3.80. The van der Waals surface area contributed by atoms with Crippen LogP contribution in [-0.4, -0.2) is 12.1 Å². The molecule has 15 heavy (non-hydrogen) atoms. The normalized spacial score (nSPS) is 34.3. The van der Waals surface area contributed by atoms with E-state index in [0.717, 1.165) is 11.1 Å². The van der Waals surface area contributed by atoms with Gasteiger partial charge in [-0.2, -0.15) is 0 Å². The molecule has 1 aromatic carbocycles. The summed E-state index contributed by atoms with van der Waals surface area (Å²) in [7, 11) is 0. The molecule has 0 aliphatic carbocycles. The van der Waals surface area contributed by atoms with Gasteiger partial charge in [0.25, 0.3) is 0 Å². The number of benzene rings is 1. The number of hydrogen-bond donors (Lipinski definition) is 1. The predicted octanol–water partition coefficient (Wildman–Crippen LogP) is 3.34. The Hall–Kier alpha value is -0.530. The zero-order valence-corrected chi connectivity index (χ0v) is 9.50. The van der Waals surface area contributed by atoms with Crippen LogP contribution < -0.4 is 5.32 Å². The standard InChI is InChI=1S/C13H16ClN/c14-10-3-1-2-9(8-10)12-6-4-11-5-7-13(12)15-11/h1-3,8,11-13,15H,4-7H2. The molecule has 2 heteroatoms. The number of piperidine rings is 1. The van der Waals surface area contributed by atoms with Gasteiger partial charge in [0.1, 0.15) is 0 Å². The molecule has 1 aromatic rings. The van der Waals surface area contributed by atoms with Crippen molar-refractivity contribution in [3.8, 4) is 0 Å². The monoisotopic (exact) mass is 221 g/mol. The Morgan fingerprint density at radius 1 is 1.13 bits per heavy atom. The van der Waals surface area contributed by atoms with Crippen molar-refractivity contribution in [1.82, 2.24) is 5.32 Å². The lowest BCUT2D eigenvalue weighted by atomic mass is 9.86. The van der Waals surface area contributed by atoms with Crippen molar-refractivity contribution >= 4 is 11.6 Å². The molecule has 2 aliphatic heterocycles. The van der Waals surface area contributed by atoms with Crippen LogP contribution in [0.1, 0.15) is 37.2 Å². The second-order valence-electron chi connectivity index (χ2n) is 4.79. The van der Waals surface area contributed by atoms with E-state index < -0.39 is 0 Å². The maximum absolute atomic E-state index is 6.04. The Bertz CT molecular complexity index is 363. The van der Waals surface area contributed by atoms with Gasteiger partial charge >= 0.3 is 0 Å². The van der Waals surface area contributed by atoms with Gasteiger partial charge in [-0.05, 0) is 49.3 Å². The number of halogens is 1. The fourth-order valence-corrected chi connectivity index (χ4v) is 3.31. The molecule has 0 saturated carbocycles. The van der Waals surface area contributed by atoms with Crippen LogP contribution in [0.5, 0.6) is 0 Å². The molecule has 2 fully saturated rings. The molecule has 3 unspecified atom stereocenters. The molecule has 2 saturated heterocycles. The highest BCUT2D eigenvalue weighted by Gasteiger charge is 2.35. The van der Waals surface area contributed by atoms with Crippen molar-refractivity contribution in [2.45, 2.75) is 43.7 Å². The summed E-state index contributed by atoms with van der Waals surface area (Å²) in [5, 5.41) is 4.58. The maximum atomic E-state index is 6.04. The third-order valence-electron chi connectivity index (χ3n) is 3.86. The first-order valence-corrected chi connectivity index (χ1v) is 6.22. The molecular weight excluding hydrogens is 206 g/mol. The summed E-state index contributed by atoms with van der Waals surface area (Å²) in [4.78, 5) is 0. The smallest absolute Gasteiger partial charge is 0.0408 e. The predicted molar refractivity (Wildman–Crippen MR) is 63.4 cm³/mol. The third kappa shape index (κ3) is 1.79. The number of fused-ring (bicyclic) bond motifs is 2. The SMILES string of the molecule is Clc1cccc(C2CCC3CCC2N3)c1. The van der Waals surface area contributed by atoms with Gasteiger partial charge in [0, 0.05) is 17.1 Å². The molecule has 80 valence electrons. The Kier molecular flexibility index (Phi) is 2.45. The summed E-state index contributed by atoms with van der Waals surface area (Å²) in [6.07, 6.45) is 5.35. The van der Waals surface area contributed by atoms with Crippen molar-refractivity contribution < 1.29 is 0 Å². The molecule has 0 aromatic heterocycles. The van der Waals surface area contributed by atoms with E-state index in [4.69, 9.17) is 11.6 Å². The minimum atomic E-state index is 0.683. The fraction of sp³-hybridized carbons (Fsp3) is 0.538. The third-order valence-corrected chi connectivity index (χ3v) is 4.10. The van der Waals surface area contributed by atoms with Crippen LogP contribution in [0.15, 0.2) is 24.3 Å². The summed E-state index contributed by atoms with van der Waals surface area (Å²) < 4.78 is 0. The lowest BCUT2D eigenvalue weighted by Crippen LogP contribution is -2.38. The van der Waals surface area contributed by atoms with Crippen molar-refractivity contribution in [1.29, 1.82) is 0 Å². The zero-order chi connectivity index (χ0) is 10.3. The largest absolute Gasteiger partial charge is 0.311 e. The minimum absolute atomic E-state index is 0.683. The lowest BCUT2D eigenvalue weighted by molar-refractivity contribution is 0.359. The fourth-order valence-electron chi connectivity index (χ4n) is 3.11. The summed E-state index contributed by atoms with van der Waals surface area (Å²) in [5.41, 5.74) is 1.42. The van der Waals surface area contributed by atoms with Crippen LogP contribution in [0.25, 0.3) is 0 Å². The van der Waals surface area contributed by atoms with Crippen LogP contribution >= 0.6 is 11.6 Å². The Morgan fingerprint density at radius 3 is 2.87 bits per heavy atom. The highest BCUT2D eigenvalue weighted by Crippen LogP contribution is 2.38. The molecule has 2 aliphatic rings. The Morgan fingerprint density at radius 2 is 2.00 bits per heavy atom. The average molecular weight is 222 g/mol. The van der Waals surface area contributed by atoms with Gasteiger partial charge in [-0.3, -0.25) is 0 Å². The van der Waals surface area contributed by atoms with Crippen molar-refractivity contribution in [2.75, 3.05) is 0 Å². The molecule has 3 atom stereocenters. The van der Waals surface area contributed by atoms with E-state index in [0.29, 0.717) is 12.0 Å². The van der Waals surface area contributed by atoms with Crippen LogP contribution in [0, 0.1) is 0 Å². The van der Waals surface area contributed by atoms with E-state index in [1.165, 1.54) is 31.2 Å². The average Bonchev–Trinajstić information content (AvgIpc) is 2.61.